The Morgan fingerprint density at radius 2 is 1.94 bits per heavy atom. The number of rotatable bonds is 3. The monoisotopic (exact) mass is 217 g/mol. The fraction of sp³-hybridized carbons (Fsp3) is 0.333. The maximum Gasteiger partial charge on any atom is 0.241 e. The van der Waals surface area contributed by atoms with Crippen LogP contribution >= 0.6 is 0 Å². The number of benzene rings is 1. The molecule has 1 rings (SSSR count). The molecular formula is C12H15N3O. The quantitative estimate of drug-likeness (QED) is 0.804. The van der Waals surface area contributed by atoms with Crippen LogP contribution in [0.15, 0.2) is 24.3 Å². The number of carbonyl (C=O) groups is 1. The molecule has 4 heteroatoms. The zero-order valence-corrected chi connectivity index (χ0v) is 9.40. The van der Waals surface area contributed by atoms with E-state index >= 15 is 0 Å². The zero-order valence-electron chi connectivity index (χ0n) is 9.40. The van der Waals surface area contributed by atoms with Crippen LogP contribution in [0.3, 0.4) is 0 Å². The number of nitrogens with zero attached hydrogens (tertiary/aromatic N) is 1. The Kier molecular flexibility index (Phi) is 4.03. The van der Waals surface area contributed by atoms with Gasteiger partial charge < -0.3 is 11.1 Å². The lowest BCUT2D eigenvalue weighted by atomic mass is 10.0. The van der Waals surface area contributed by atoms with Crippen molar-refractivity contribution in [1.29, 1.82) is 5.26 Å². The Morgan fingerprint density at radius 1 is 1.38 bits per heavy atom. The molecule has 0 saturated heterocycles. The van der Waals surface area contributed by atoms with Gasteiger partial charge in [0, 0.05) is 5.69 Å². The van der Waals surface area contributed by atoms with Crippen LogP contribution < -0.4 is 11.1 Å². The first kappa shape index (κ1) is 12.2. The normalized spacial score (nSPS) is 11.9. The summed E-state index contributed by atoms with van der Waals surface area (Å²) in [7, 11) is 0. The summed E-state index contributed by atoms with van der Waals surface area (Å²) in [5.74, 6) is -0.113. The van der Waals surface area contributed by atoms with Gasteiger partial charge in [0.05, 0.1) is 17.7 Å². The van der Waals surface area contributed by atoms with E-state index in [1.807, 2.05) is 19.9 Å². The van der Waals surface area contributed by atoms with E-state index in [0.29, 0.717) is 11.3 Å². The van der Waals surface area contributed by atoms with Crippen molar-refractivity contribution in [2.45, 2.75) is 19.9 Å². The molecule has 1 amide bonds. The highest BCUT2D eigenvalue weighted by atomic mass is 16.2. The number of nitrogens with one attached hydrogen (secondary N) is 1. The van der Waals surface area contributed by atoms with Gasteiger partial charge in [0.1, 0.15) is 0 Å². The van der Waals surface area contributed by atoms with Gasteiger partial charge in [0.25, 0.3) is 0 Å². The average molecular weight is 217 g/mol. The summed E-state index contributed by atoms with van der Waals surface area (Å²) < 4.78 is 0. The van der Waals surface area contributed by atoms with Crippen molar-refractivity contribution in [3.8, 4) is 6.07 Å². The molecule has 1 atom stereocenters. The Morgan fingerprint density at radius 3 is 2.38 bits per heavy atom. The van der Waals surface area contributed by atoms with Gasteiger partial charge in [-0.15, -0.1) is 0 Å². The molecule has 0 radical (unpaired) electrons. The van der Waals surface area contributed by atoms with Crippen molar-refractivity contribution in [1.82, 2.24) is 0 Å². The van der Waals surface area contributed by atoms with E-state index in [9.17, 15) is 4.79 Å². The molecule has 3 N–H and O–H groups in total. The fourth-order valence-corrected chi connectivity index (χ4v) is 1.16. The van der Waals surface area contributed by atoms with E-state index in [0.717, 1.165) is 0 Å². The molecule has 0 saturated carbocycles. The van der Waals surface area contributed by atoms with Crippen molar-refractivity contribution in [2.24, 2.45) is 11.7 Å². The molecule has 0 aliphatic heterocycles. The highest BCUT2D eigenvalue weighted by Gasteiger charge is 2.16. The van der Waals surface area contributed by atoms with Crippen molar-refractivity contribution in [2.75, 3.05) is 5.32 Å². The van der Waals surface area contributed by atoms with Gasteiger partial charge in [-0.3, -0.25) is 4.79 Å². The highest BCUT2D eigenvalue weighted by molar-refractivity contribution is 5.94. The molecule has 0 aliphatic carbocycles. The van der Waals surface area contributed by atoms with Gasteiger partial charge in [-0.1, -0.05) is 13.8 Å². The molecule has 4 nitrogen and oxygen atoms in total. The summed E-state index contributed by atoms with van der Waals surface area (Å²) in [4.78, 5) is 11.6. The van der Waals surface area contributed by atoms with Gasteiger partial charge in [0.15, 0.2) is 0 Å². The number of hydrogen-bond donors (Lipinski definition) is 2. The molecule has 16 heavy (non-hydrogen) atoms. The SMILES string of the molecule is CC(C)[C@@H](N)C(=O)Nc1ccc(C#N)cc1. The van der Waals surface area contributed by atoms with E-state index < -0.39 is 6.04 Å². The van der Waals surface area contributed by atoms with E-state index in [2.05, 4.69) is 5.32 Å². The van der Waals surface area contributed by atoms with Crippen molar-refractivity contribution in [3.05, 3.63) is 29.8 Å². The number of anilines is 1. The second kappa shape index (κ2) is 5.29. The lowest BCUT2D eigenvalue weighted by Crippen LogP contribution is -2.39. The standard InChI is InChI=1S/C12H15N3O/c1-8(2)11(14)12(16)15-10-5-3-9(7-13)4-6-10/h3-6,8,11H,14H2,1-2H3,(H,15,16)/t11-/m1/s1. The Bertz CT molecular complexity index is 403. The van der Waals surface area contributed by atoms with E-state index in [4.69, 9.17) is 11.0 Å². The van der Waals surface area contributed by atoms with E-state index in [-0.39, 0.29) is 11.8 Å². The number of nitriles is 1. The second-order valence-electron chi connectivity index (χ2n) is 3.95. The maximum atomic E-state index is 11.6. The molecule has 1 aromatic carbocycles. The van der Waals surface area contributed by atoms with Gasteiger partial charge in [-0.05, 0) is 30.2 Å². The first-order valence-electron chi connectivity index (χ1n) is 5.11. The van der Waals surface area contributed by atoms with Crippen LogP contribution in [-0.4, -0.2) is 11.9 Å². The predicted molar refractivity (Wildman–Crippen MR) is 62.6 cm³/mol. The van der Waals surface area contributed by atoms with Crippen molar-refractivity contribution >= 4 is 11.6 Å². The molecule has 0 heterocycles. The number of carbonyl (C=O) groups excluding carboxylic acids is 1. The molecule has 84 valence electrons. The average Bonchev–Trinajstić information content (AvgIpc) is 2.28. The zero-order chi connectivity index (χ0) is 12.1. The molecule has 0 fully saturated rings. The van der Waals surface area contributed by atoms with Gasteiger partial charge >= 0.3 is 0 Å². The highest BCUT2D eigenvalue weighted by Crippen LogP contribution is 2.10. The summed E-state index contributed by atoms with van der Waals surface area (Å²) in [6.45, 7) is 3.78. The first-order valence-corrected chi connectivity index (χ1v) is 5.11. The topological polar surface area (TPSA) is 78.9 Å². The molecule has 0 aliphatic rings. The van der Waals surface area contributed by atoms with Crippen LogP contribution in [0.1, 0.15) is 19.4 Å². The molecular weight excluding hydrogens is 202 g/mol. The Balaban J connectivity index is 2.67. The molecule has 0 unspecified atom stereocenters. The second-order valence-corrected chi connectivity index (χ2v) is 3.95. The number of hydrogen-bond acceptors (Lipinski definition) is 3. The van der Waals surface area contributed by atoms with E-state index in [1.165, 1.54) is 0 Å². The smallest absolute Gasteiger partial charge is 0.241 e. The van der Waals surface area contributed by atoms with Crippen LogP contribution in [0.25, 0.3) is 0 Å². The Hall–Kier alpha value is -1.86. The maximum absolute atomic E-state index is 11.6. The van der Waals surface area contributed by atoms with Crippen molar-refractivity contribution in [3.63, 3.8) is 0 Å². The van der Waals surface area contributed by atoms with Gasteiger partial charge in [-0.2, -0.15) is 5.26 Å². The summed E-state index contributed by atoms with van der Waals surface area (Å²) in [6.07, 6.45) is 0. The van der Waals surface area contributed by atoms with Gasteiger partial charge in [0.2, 0.25) is 5.91 Å². The minimum Gasteiger partial charge on any atom is -0.325 e. The molecule has 0 aromatic heterocycles. The van der Waals surface area contributed by atoms with Crippen LogP contribution in [0.2, 0.25) is 0 Å². The van der Waals surface area contributed by atoms with Gasteiger partial charge in [-0.25, -0.2) is 0 Å². The first-order chi connectivity index (χ1) is 7.54. The van der Waals surface area contributed by atoms with E-state index in [1.54, 1.807) is 24.3 Å². The van der Waals surface area contributed by atoms with Crippen LogP contribution in [0.5, 0.6) is 0 Å². The largest absolute Gasteiger partial charge is 0.325 e. The number of nitrogens with two attached hydrogens (primary N) is 1. The molecule has 0 bridgehead atoms. The summed E-state index contributed by atoms with van der Waals surface area (Å²) in [6, 6.07) is 8.16. The van der Waals surface area contributed by atoms with Crippen molar-refractivity contribution < 1.29 is 4.79 Å². The predicted octanol–water partition coefficient (Wildman–Crippen LogP) is 1.48. The Labute approximate surface area is 95.1 Å². The molecule has 0 spiro atoms. The fourth-order valence-electron chi connectivity index (χ4n) is 1.16. The lowest BCUT2D eigenvalue weighted by Gasteiger charge is -2.15. The van der Waals surface area contributed by atoms with Crippen LogP contribution in [0.4, 0.5) is 5.69 Å². The number of amides is 1. The third-order valence-electron chi connectivity index (χ3n) is 2.30. The third-order valence-corrected chi connectivity index (χ3v) is 2.30. The summed E-state index contributed by atoms with van der Waals surface area (Å²) >= 11 is 0. The summed E-state index contributed by atoms with van der Waals surface area (Å²) in [5.41, 5.74) is 6.91. The lowest BCUT2D eigenvalue weighted by molar-refractivity contribution is -0.118. The minimum atomic E-state index is -0.518. The minimum absolute atomic E-state index is 0.0957. The third kappa shape index (κ3) is 3.07. The van der Waals surface area contributed by atoms with Crippen LogP contribution in [-0.2, 0) is 4.79 Å². The molecule has 1 aromatic rings. The van der Waals surface area contributed by atoms with Crippen LogP contribution in [0, 0.1) is 17.2 Å². The summed E-state index contributed by atoms with van der Waals surface area (Å²) in [5, 5.41) is 11.3.